The molecule has 50 heavy (non-hydrogen) atoms. The molecule has 5 rings (SSSR count). The zero-order valence-electron chi connectivity index (χ0n) is 27.6. The van der Waals surface area contributed by atoms with Gasteiger partial charge >= 0.3 is 0 Å². The molecule has 1 aliphatic rings. The van der Waals surface area contributed by atoms with E-state index in [2.05, 4.69) is 25.4 Å². The van der Waals surface area contributed by atoms with Crippen molar-refractivity contribution in [2.45, 2.75) is 30.9 Å². The first kappa shape index (κ1) is 35.1. The summed E-state index contributed by atoms with van der Waals surface area (Å²) in [6.07, 6.45) is -0.196. The van der Waals surface area contributed by atoms with Crippen LogP contribution in [0.2, 0.25) is 0 Å². The van der Waals surface area contributed by atoms with Crippen molar-refractivity contribution in [3.63, 3.8) is 0 Å². The number of nitrogens with zero attached hydrogens (tertiary/aromatic N) is 7. The van der Waals surface area contributed by atoms with E-state index in [1.54, 1.807) is 99.1 Å². The first-order valence-corrected chi connectivity index (χ1v) is 15.8. The fourth-order valence-corrected chi connectivity index (χ4v) is 5.75. The van der Waals surface area contributed by atoms with Gasteiger partial charge in [0.25, 0.3) is 5.91 Å². The number of ether oxygens (including phenoxy) is 4. The number of carbonyl (C=O) groups excluding carboxylic acids is 1. The highest BCUT2D eigenvalue weighted by atomic mass is 16.5. The van der Waals surface area contributed by atoms with Gasteiger partial charge in [0.1, 0.15) is 17.2 Å². The maximum Gasteiger partial charge on any atom is 0.252 e. The lowest BCUT2D eigenvalue weighted by molar-refractivity contribution is -0.128. The monoisotopic (exact) mass is 676 g/mol. The Balaban J connectivity index is 1.60. The van der Waals surface area contributed by atoms with Gasteiger partial charge in [-0.3, -0.25) is 4.79 Å². The quantitative estimate of drug-likeness (QED) is 0.0544. The molecule has 2 N–H and O–H groups in total. The largest absolute Gasteiger partial charge is 0.497 e. The molecule has 0 saturated heterocycles. The van der Waals surface area contributed by atoms with Gasteiger partial charge in [-0.1, -0.05) is 58.8 Å². The third-order valence-electron chi connectivity index (χ3n) is 8.17. The van der Waals surface area contributed by atoms with Gasteiger partial charge in [0.05, 0.1) is 20.8 Å². The Kier molecular flexibility index (Phi) is 11.8. The molecule has 256 valence electrons. The average Bonchev–Trinajstić information content (AvgIpc) is 3.53. The van der Waals surface area contributed by atoms with Crippen molar-refractivity contribution in [3.8, 4) is 17.2 Å². The molecule has 0 fully saturated rings. The number of rotatable bonds is 16. The second kappa shape index (κ2) is 16.8. The molecule has 2 atom stereocenters. The van der Waals surface area contributed by atoms with Crippen molar-refractivity contribution in [1.29, 1.82) is 0 Å². The molecule has 1 aliphatic heterocycles. The summed E-state index contributed by atoms with van der Waals surface area (Å²) in [5, 5.41) is 19.9. The zero-order valence-corrected chi connectivity index (χ0v) is 27.6. The molecular weight excluding hydrogens is 640 g/mol. The number of hydrogen-bond donors (Lipinski definition) is 2. The summed E-state index contributed by atoms with van der Waals surface area (Å²) in [6, 6.07) is 26.3. The van der Waals surface area contributed by atoms with Crippen LogP contribution >= 0.6 is 0 Å². The van der Waals surface area contributed by atoms with E-state index in [4.69, 9.17) is 29.0 Å². The molecule has 0 bridgehead atoms. The SMILES string of the molecule is COc1ccc(OC)c(CCNC(=O)[C@]2(Cc3ccccc3N=[N+]=[N-])N=C(c3ccc(OCCCO)cc3)O[C@@H]2c2ccccc2N=[N+]=[N-])c1. The highest BCUT2D eigenvalue weighted by Crippen LogP contribution is 2.46. The molecule has 0 aliphatic carbocycles. The number of benzene rings is 4. The number of nitrogens with one attached hydrogen (secondary N) is 1. The maximum atomic E-state index is 14.7. The van der Waals surface area contributed by atoms with Crippen LogP contribution in [0.4, 0.5) is 11.4 Å². The summed E-state index contributed by atoms with van der Waals surface area (Å²) < 4.78 is 23.2. The Morgan fingerprint density at radius 2 is 1.62 bits per heavy atom. The molecule has 4 aromatic carbocycles. The molecule has 1 heterocycles. The van der Waals surface area contributed by atoms with Gasteiger partial charge in [-0.2, -0.15) is 0 Å². The van der Waals surface area contributed by atoms with Crippen molar-refractivity contribution < 1.29 is 28.8 Å². The topological polar surface area (TPSA) is 196 Å². The molecular formula is C36H36N8O6. The Hall–Kier alpha value is -6.20. The van der Waals surface area contributed by atoms with Crippen LogP contribution in [0.25, 0.3) is 20.9 Å². The Morgan fingerprint density at radius 3 is 2.34 bits per heavy atom. The van der Waals surface area contributed by atoms with Gasteiger partial charge < -0.3 is 29.4 Å². The van der Waals surface area contributed by atoms with Crippen LogP contribution in [0.15, 0.2) is 106 Å². The summed E-state index contributed by atoms with van der Waals surface area (Å²) in [7, 11) is 3.15. The van der Waals surface area contributed by atoms with Crippen LogP contribution in [0.1, 0.15) is 34.8 Å². The van der Waals surface area contributed by atoms with Crippen LogP contribution in [0, 0.1) is 0 Å². The van der Waals surface area contributed by atoms with Crippen LogP contribution < -0.4 is 19.5 Å². The maximum absolute atomic E-state index is 14.7. The van der Waals surface area contributed by atoms with E-state index in [1.165, 1.54) is 0 Å². The minimum Gasteiger partial charge on any atom is -0.497 e. The Bertz CT molecular complexity index is 1940. The average molecular weight is 677 g/mol. The van der Waals surface area contributed by atoms with Gasteiger partial charge in [-0.05, 0) is 71.1 Å². The van der Waals surface area contributed by atoms with Gasteiger partial charge in [0.15, 0.2) is 11.6 Å². The second-order valence-corrected chi connectivity index (χ2v) is 11.2. The number of aliphatic hydroxyl groups excluding tert-OH is 1. The number of carbonyl (C=O) groups is 1. The second-order valence-electron chi connectivity index (χ2n) is 11.2. The number of amides is 1. The lowest BCUT2D eigenvalue weighted by Gasteiger charge is -2.32. The minimum absolute atomic E-state index is 0.0154. The number of hydrogen-bond acceptors (Lipinski definition) is 9. The molecule has 1 amide bonds. The fraction of sp³-hybridized carbons (Fsp3) is 0.278. The summed E-state index contributed by atoms with van der Waals surface area (Å²) >= 11 is 0. The lowest BCUT2D eigenvalue weighted by Crippen LogP contribution is -2.50. The van der Waals surface area contributed by atoms with E-state index in [-0.39, 0.29) is 31.2 Å². The lowest BCUT2D eigenvalue weighted by atomic mass is 9.81. The molecule has 14 heteroatoms. The van der Waals surface area contributed by atoms with Crippen LogP contribution in [-0.4, -0.2) is 56.4 Å². The first-order chi connectivity index (χ1) is 24.5. The standard InChI is InChI=1S/C36H36N8O6/c1-47-28-16-17-32(48-2)25(22-28)18-19-39-35(46)36(23-26-8-3-5-10-30(26)41-43-37)33(29-9-4-6-11-31(29)42-44-38)50-34(40-36)24-12-14-27(15-13-24)49-21-7-20-45/h3-6,8-17,22,33,45H,7,18-21,23H2,1-2H3,(H,39,46)/t33-,36-/m1/s1. The van der Waals surface area contributed by atoms with E-state index >= 15 is 0 Å². The number of aliphatic imine (C=N–C) groups is 1. The van der Waals surface area contributed by atoms with E-state index in [0.717, 1.165) is 5.56 Å². The highest BCUT2D eigenvalue weighted by Gasteiger charge is 2.54. The first-order valence-electron chi connectivity index (χ1n) is 15.8. The molecule has 0 radical (unpaired) electrons. The van der Waals surface area contributed by atoms with Gasteiger partial charge in [0.2, 0.25) is 5.90 Å². The van der Waals surface area contributed by atoms with Crippen LogP contribution in [-0.2, 0) is 22.4 Å². The third kappa shape index (κ3) is 7.91. The Labute approximate surface area is 288 Å². The zero-order chi connectivity index (χ0) is 35.3. The van der Waals surface area contributed by atoms with Gasteiger partial charge in [0, 0.05) is 58.3 Å². The molecule has 0 unspecified atom stereocenters. The van der Waals surface area contributed by atoms with Crippen LogP contribution in [0.5, 0.6) is 17.2 Å². The van der Waals surface area contributed by atoms with Crippen molar-refractivity contribution in [3.05, 3.63) is 134 Å². The summed E-state index contributed by atoms with van der Waals surface area (Å²) in [5.74, 6) is 1.60. The van der Waals surface area contributed by atoms with E-state index < -0.39 is 17.6 Å². The molecule has 4 aromatic rings. The van der Waals surface area contributed by atoms with Crippen molar-refractivity contribution in [2.75, 3.05) is 34.0 Å². The third-order valence-corrected chi connectivity index (χ3v) is 8.17. The van der Waals surface area contributed by atoms with E-state index in [0.29, 0.717) is 59.1 Å². The van der Waals surface area contributed by atoms with Crippen molar-refractivity contribution >= 4 is 23.2 Å². The van der Waals surface area contributed by atoms with Gasteiger partial charge in [-0.25, -0.2) is 4.99 Å². The van der Waals surface area contributed by atoms with Crippen LogP contribution in [0.3, 0.4) is 0 Å². The van der Waals surface area contributed by atoms with E-state index in [9.17, 15) is 15.9 Å². The minimum atomic E-state index is -1.66. The summed E-state index contributed by atoms with van der Waals surface area (Å²) in [4.78, 5) is 25.8. The van der Waals surface area contributed by atoms with Crippen molar-refractivity contribution in [2.24, 2.45) is 15.2 Å². The highest BCUT2D eigenvalue weighted by molar-refractivity contribution is 6.01. The normalized spacial score (nSPS) is 16.2. The summed E-state index contributed by atoms with van der Waals surface area (Å²) in [5.41, 5.74) is 20.1. The van der Waals surface area contributed by atoms with Gasteiger partial charge in [-0.15, -0.1) is 0 Å². The number of methoxy groups -OCH3 is 2. The number of azide groups is 2. The molecule has 0 saturated carbocycles. The Morgan fingerprint density at radius 1 is 0.920 bits per heavy atom. The number of aliphatic hydroxyl groups is 1. The summed E-state index contributed by atoms with van der Waals surface area (Å²) in [6.45, 7) is 0.570. The fourth-order valence-electron chi connectivity index (χ4n) is 5.75. The molecule has 14 nitrogen and oxygen atoms in total. The van der Waals surface area contributed by atoms with E-state index in [1.807, 2.05) is 6.07 Å². The smallest absolute Gasteiger partial charge is 0.252 e. The predicted molar refractivity (Wildman–Crippen MR) is 187 cm³/mol. The predicted octanol–water partition coefficient (Wildman–Crippen LogP) is 7.21. The molecule has 0 aromatic heterocycles. The van der Waals surface area contributed by atoms with Crippen molar-refractivity contribution in [1.82, 2.24) is 5.32 Å². The molecule has 0 spiro atoms.